The minimum Gasteiger partial charge on any atom is -0.304 e. The fourth-order valence-corrected chi connectivity index (χ4v) is 2.80. The zero-order valence-electron chi connectivity index (χ0n) is 14.2. The number of H-pyrrole nitrogens is 1. The zero-order chi connectivity index (χ0) is 17.1. The normalized spacial score (nSPS) is 12.5. The van der Waals surface area contributed by atoms with Crippen molar-refractivity contribution in [3.63, 3.8) is 0 Å². The van der Waals surface area contributed by atoms with Crippen molar-refractivity contribution in [2.24, 2.45) is 0 Å². The molecule has 0 amide bonds. The van der Waals surface area contributed by atoms with Gasteiger partial charge in [-0.15, -0.1) is 0 Å². The Hall–Kier alpha value is -2.47. The average Bonchev–Trinajstić information content (AvgIpc) is 3.20. The van der Waals surface area contributed by atoms with E-state index in [-0.39, 0.29) is 11.9 Å². The maximum Gasteiger partial charge on any atom is 0.123 e. The Morgan fingerprint density at radius 2 is 2.04 bits per heavy atom. The van der Waals surface area contributed by atoms with E-state index in [0.717, 1.165) is 23.5 Å². The maximum atomic E-state index is 13.0. The Balaban J connectivity index is 1.64. The summed E-state index contributed by atoms with van der Waals surface area (Å²) in [6.45, 7) is 7.85. The molecule has 2 heterocycles. The molecular formula is C18H22FN5. The van der Waals surface area contributed by atoms with Gasteiger partial charge in [-0.1, -0.05) is 0 Å². The SMILES string of the molecule is CCn1ncc(C(C)NCc2cc(-c3ccc(F)cc3)n[nH]2)c1C. The maximum absolute atomic E-state index is 13.0. The minimum absolute atomic E-state index is 0.197. The van der Waals surface area contributed by atoms with Crippen LogP contribution in [-0.2, 0) is 13.1 Å². The van der Waals surface area contributed by atoms with Crippen molar-refractivity contribution in [1.29, 1.82) is 0 Å². The van der Waals surface area contributed by atoms with E-state index in [2.05, 4.69) is 41.4 Å². The lowest BCUT2D eigenvalue weighted by molar-refractivity contribution is 0.560. The van der Waals surface area contributed by atoms with Crippen molar-refractivity contribution >= 4 is 0 Å². The molecule has 1 atom stereocenters. The van der Waals surface area contributed by atoms with Gasteiger partial charge in [0.1, 0.15) is 5.82 Å². The first-order valence-corrected chi connectivity index (χ1v) is 8.14. The predicted molar refractivity (Wildman–Crippen MR) is 91.9 cm³/mol. The predicted octanol–water partition coefficient (Wildman–Crippen LogP) is 3.59. The number of halogens is 1. The Morgan fingerprint density at radius 3 is 2.71 bits per heavy atom. The molecule has 0 spiro atoms. The van der Waals surface area contributed by atoms with E-state index in [0.29, 0.717) is 6.54 Å². The topological polar surface area (TPSA) is 58.5 Å². The molecule has 3 aromatic rings. The van der Waals surface area contributed by atoms with Crippen molar-refractivity contribution < 1.29 is 4.39 Å². The highest BCUT2D eigenvalue weighted by molar-refractivity contribution is 5.58. The second-order valence-corrected chi connectivity index (χ2v) is 5.89. The van der Waals surface area contributed by atoms with Gasteiger partial charge >= 0.3 is 0 Å². The van der Waals surface area contributed by atoms with Crippen molar-refractivity contribution in [2.75, 3.05) is 0 Å². The van der Waals surface area contributed by atoms with E-state index in [4.69, 9.17) is 0 Å². The monoisotopic (exact) mass is 327 g/mol. The van der Waals surface area contributed by atoms with Crippen LogP contribution < -0.4 is 5.32 Å². The summed E-state index contributed by atoms with van der Waals surface area (Å²) < 4.78 is 15.0. The Kier molecular flexibility index (Phi) is 4.76. The third-order valence-corrected chi connectivity index (χ3v) is 4.28. The number of aryl methyl sites for hydroxylation is 1. The first-order valence-electron chi connectivity index (χ1n) is 8.14. The summed E-state index contributed by atoms with van der Waals surface area (Å²) in [6, 6.07) is 8.52. The highest BCUT2D eigenvalue weighted by Crippen LogP contribution is 2.20. The second-order valence-electron chi connectivity index (χ2n) is 5.89. The first-order chi connectivity index (χ1) is 11.6. The van der Waals surface area contributed by atoms with E-state index in [1.807, 2.05) is 16.9 Å². The van der Waals surface area contributed by atoms with Crippen LogP contribution >= 0.6 is 0 Å². The number of hydrogen-bond acceptors (Lipinski definition) is 3. The Labute approximate surface area is 140 Å². The number of aromatic amines is 1. The molecule has 6 heteroatoms. The van der Waals surface area contributed by atoms with Gasteiger partial charge in [0, 0.05) is 41.6 Å². The quantitative estimate of drug-likeness (QED) is 0.727. The van der Waals surface area contributed by atoms with Crippen LogP contribution in [0.25, 0.3) is 11.3 Å². The van der Waals surface area contributed by atoms with Crippen LogP contribution in [-0.4, -0.2) is 20.0 Å². The molecule has 2 N–H and O–H groups in total. The molecule has 2 aromatic heterocycles. The number of hydrogen-bond donors (Lipinski definition) is 2. The smallest absolute Gasteiger partial charge is 0.123 e. The zero-order valence-corrected chi connectivity index (χ0v) is 14.2. The molecule has 0 radical (unpaired) electrons. The molecule has 0 fully saturated rings. The van der Waals surface area contributed by atoms with Crippen LogP contribution in [0.3, 0.4) is 0 Å². The Bertz CT molecular complexity index is 803. The van der Waals surface area contributed by atoms with Crippen molar-refractivity contribution in [3.05, 3.63) is 59.3 Å². The molecule has 1 aromatic carbocycles. The standard InChI is InChI=1S/C18H22FN5/c1-4-24-13(3)17(11-21-24)12(2)20-10-16-9-18(23-22-16)14-5-7-15(19)8-6-14/h5-9,11-12,20H,4,10H2,1-3H3,(H,22,23). The molecule has 0 bridgehead atoms. The summed E-state index contributed by atoms with van der Waals surface area (Å²) in [6.07, 6.45) is 1.92. The van der Waals surface area contributed by atoms with Crippen LogP contribution in [0.1, 0.15) is 36.8 Å². The van der Waals surface area contributed by atoms with E-state index < -0.39 is 0 Å². The molecule has 5 nitrogen and oxygen atoms in total. The summed E-state index contributed by atoms with van der Waals surface area (Å²) in [5.41, 5.74) is 5.09. The van der Waals surface area contributed by atoms with Crippen molar-refractivity contribution in [1.82, 2.24) is 25.3 Å². The van der Waals surface area contributed by atoms with E-state index in [1.54, 1.807) is 12.1 Å². The first kappa shape index (κ1) is 16.4. The fourth-order valence-electron chi connectivity index (χ4n) is 2.80. The highest BCUT2D eigenvalue weighted by Gasteiger charge is 2.13. The number of benzene rings is 1. The number of aromatic nitrogens is 4. The summed E-state index contributed by atoms with van der Waals surface area (Å²) >= 11 is 0. The molecule has 24 heavy (non-hydrogen) atoms. The molecule has 1 unspecified atom stereocenters. The highest BCUT2D eigenvalue weighted by atomic mass is 19.1. The van der Waals surface area contributed by atoms with Crippen molar-refractivity contribution in [2.45, 2.75) is 39.9 Å². The van der Waals surface area contributed by atoms with Crippen LogP contribution in [0.5, 0.6) is 0 Å². The van der Waals surface area contributed by atoms with E-state index >= 15 is 0 Å². The van der Waals surface area contributed by atoms with Crippen LogP contribution in [0.4, 0.5) is 4.39 Å². The van der Waals surface area contributed by atoms with E-state index in [1.165, 1.54) is 23.4 Å². The van der Waals surface area contributed by atoms with Gasteiger partial charge in [-0.05, 0) is 51.1 Å². The largest absolute Gasteiger partial charge is 0.304 e. The average molecular weight is 327 g/mol. The van der Waals surface area contributed by atoms with Gasteiger partial charge in [-0.3, -0.25) is 9.78 Å². The molecule has 0 aliphatic heterocycles. The second kappa shape index (κ2) is 6.97. The third kappa shape index (κ3) is 3.38. The minimum atomic E-state index is -0.243. The lowest BCUT2D eigenvalue weighted by atomic mass is 10.1. The molecule has 3 rings (SSSR count). The third-order valence-electron chi connectivity index (χ3n) is 4.28. The molecule has 126 valence electrons. The van der Waals surface area contributed by atoms with E-state index in [9.17, 15) is 4.39 Å². The van der Waals surface area contributed by atoms with Crippen LogP contribution in [0, 0.1) is 12.7 Å². The van der Waals surface area contributed by atoms with Gasteiger partial charge in [0.25, 0.3) is 0 Å². The van der Waals surface area contributed by atoms with Crippen LogP contribution in [0.2, 0.25) is 0 Å². The Morgan fingerprint density at radius 1 is 1.29 bits per heavy atom. The number of nitrogens with zero attached hydrogens (tertiary/aromatic N) is 3. The summed E-state index contributed by atoms with van der Waals surface area (Å²) in [4.78, 5) is 0. The van der Waals surface area contributed by atoms with Crippen molar-refractivity contribution in [3.8, 4) is 11.3 Å². The number of nitrogens with one attached hydrogen (secondary N) is 2. The van der Waals surface area contributed by atoms with Gasteiger partial charge in [-0.2, -0.15) is 10.2 Å². The lowest BCUT2D eigenvalue weighted by Gasteiger charge is -2.13. The van der Waals surface area contributed by atoms with Gasteiger partial charge < -0.3 is 5.32 Å². The number of rotatable bonds is 6. The lowest BCUT2D eigenvalue weighted by Crippen LogP contribution is -2.19. The molecule has 0 aliphatic rings. The van der Waals surface area contributed by atoms with Crippen LogP contribution in [0.15, 0.2) is 36.5 Å². The summed E-state index contributed by atoms with van der Waals surface area (Å²) in [5, 5.41) is 15.2. The molecule has 0 saturated heterocycles. The van der Waals surface area contributed by atoms with Gasteiger partial charge in [0.05, 0.1) is 11.9 Å². The van der Waals surface area contributed by atoms with Gasteiger partial charge in [0.2, 0.25) is 0 Å². The molecular weight excluding hydrogens is 305 g/mol. The summed E-state index contributed by atoms with van der Waals surface area (Å²) in [5.74, 6) is -0.243. The fraction of sp³-hybridized carbons (Fsp3) is 0.333. The molecule has 0 aliphatic carbocycles. The van der Waals surface area contributed by atoms with Gasteiger partial charge in [0.15, 0.2) is 0 Å². The van der Waals surface area contributed by atoms with Gasteiger partial charge in [-0.25, -0.2) is 4.39 Å². The summed E-state index contributed by atoms with van der Waals surface area (Å²) in [7, 11) is 0. The molecule has 0 saturated carbocycles.